The zero-order chi connectivity index (χ0) is 16.4. The summed E-state index contributed by atoms with van der Waals surface area (Å²) in [7, 11) is 0. The fourth-order valence-electron chi connectivity index (χ4n) is 2.37. The summed E-state index contributed by atoms with van der Waals surface area (Å²) in [5.41, 5.74) is 3.23. The molecule has 23 heavy (non-hydrogen) atoms. The SMILES string of the molecule is CC[C@@H](C)Nc1nc(Nc2cc(Cl)ccc2C)cc(C2CC2)n1. The molecule has 2 N–H and O–H groups in total. The maximum Gasteiger partial charge on any atom is 0.225 e. The van der Waals surface area contributed by atoms with E-state index in [1.165, 1.54) is 12.8 Å². The van der Waals surface area contributed by atoms with E-state index < -0.39 is 0 Å². The number of aryl methyl sites for hydroxylation is 1. The number of halogens is 1. The lowest BCUT2D eigenvalue weighted by atomic mass is 10.2. The summed E-state index contributed by atoms with van der Waals surface area (Å²) in [6.07, 6.45) is 3.47. The molecule has 0 saturated heterocycles. The number of anilines is 3. The molecule has 1 fully saturated rings. The number of aromatic nitrogens is 2. The Morgan fingerprint density at radius 3 is 2.74 bits per heavy atom. The minimum atomic E-state index is 0.352. The van der Waals surface area contributed by atoms with Crippen molar-refractivity contribution < 1.29 is 0 Å². The number of nitrogens with one attached hydrogen (secondary N) is 2. The van der Waals surface area contributed by atoms with Crippen LogP contribution in [0.15, 0.2) is 24.3 Å². The monoisotopic (exact) mass is 330 g/mol. The Morgan fingerprint density at radius 1 is 1.26 bits per heavy atom. The van der Waals surface area contributed by atoms with Crippen molar-refractivity contribution in [3.8, 4) is 0 Å². The first-order valence-corrected chi connectivity index (χ1v) is 8.61. The molecule has 1 aromatic heterocycles. The Morgan fingerprint density at radius 2 is 2.04 bits per heavy atom. The van der Waals surface area contributed by atoms with Crippen LogP contribution in [-0.4, -0.2) is 16.0 Å². The van der Waals surface area contributed by atoms with Gasteiger partial charge in [-0.25, -0.2) is 4.98 Å². The summed E-state index contributed by atoms with van der Waals surface area (Å²) < 4.78 is 0. The second-order valence-electron chi connectivity index (χ2n) is 6.31. The van der Waals surface area contributed by atoms with Crippen molar-refractivity contribution in [1.29, 1.82) is 0 Å². The Labute approximate surface area is 142 Å². The minimum Gasteiger partial charge on any atom is -0.352 e. The average molecular weight is 331 g/mol. The van der Waals surface area contributed by atoms with Gasteiger partial charge in [-0.15, -0.1) is 0 Å². The van der Waals surface area contributed by atoms with E-state index in [1.54, 1.807) is 0 Å². The third-order valence-electron chi connectivity index (χ3n) is 4.19. The Hall–Kier alpha value is -1.81. The minimum absolute atomic E-state index is 0.352. The molecule has 0 bridgehead atoms. The molecule has 4 nitrogen and oxygen atoms in total. The van der Waals surface area contributed by atoms with Gasteiger partial charge in [0.05, 0.1) is 5.69 Å². The molecule has 1 atom stereocenters. The number of nitrogens with zero attached hydrogens (tertiary/aromatic N) is 2. The van der Waals surface area contributed by atoms with Crippen molar-refractivity contribution >= 4 is 29.1 Å². The lowest BCUT2D eigenvalue weighted by Crippen LogP contribution is -2.16. The van der Waals surface area contributed by atoms with Gasteiger partial charge in [0.15, 0.2) is 0 Å². The van der Waals surface area contributed by atoms with Gasteiger partial charge in [-0.2, -0.15) is 4.98 Å². The first-order chi connectivity index (χ1) is 11.0. The molecule has 122 valence electrons. The smallest absolute Gasteiger partial charge is 0.225 e. The summed E-state index contributed by atoms with van der Waals surface area (Å²) in [5, 5.41) is 7.49. The third kappa shape index (κ3) is 4.14. The highest BCUT2D eigenvalue weighted by Crippen LogP contribution is 2.40. The summed E-state index contributed by atoms with van der Waals surface area (Å²) >= 11 is 6.11. The van der Waals surface area contributed by atoms with E-state index in [-0.39, 0.29) is 0 Å². The van der Waals surface area contributed by atoms with Crippen molar-refractivity contribution in [2.45, 2.75) is 52.0 Å². The van der Waals surface area contributed by atoms with Gasteiger partial charge in [0.2, 0.25) is 5.95 Å². The molecule has 1 aliphatic rings. The van der Waals surface area contributed by atoms with Crippen LogP contribution in [0.5, 0.6) is 0 Å². The highest BCUT2D eigenvalue weighted by molar-refractivity contribution is 6.30. The zero-order valence-electron chi connectivity index (χ0n) is 13.9. The molecule has 1 aromatic carbocycles. The van der Waals surface area contributed by atoms with Crippen LogP contribution in [-0.2, 0) is 0 Å². The van der Waals surface area contributed by atoms with Gasteiger partial charge in [0.25, 0.3) is 0 Å². The maximum atomic E-state index is 6.11. The molecule has 1 heterocycles. The molecule has 0 spiro atoms. The van der Waals surface area contributed by atoms with E-state index >= 15 is 0 Å². The van der Waals surface area contributed by atoms with Crippen molar-refractivity contribution in [2.24, 2.45) is 0 Å². The molecule has 1 aliphatic carbocycles. The van der Waals surface area contributed by atoms with Gasteiger partial charge in [-0.1, -0.05) is 24.6 Å². The van der Waals surface area contributed by atoms with Crippen molar-refractivity contribution in [3.63, 3.8) is 0 Å². The molecule has 0 amide bonds. The highest BCUT2D eigenvalue weighted by atomic mass is 35.5. The molecule has 2 aromatic rings. The fourth-order valence-corrected chi connectivity index (χ4v) is 2.54. The molecule has 0 aliphatic heterocycles. The van der Waals surface area contributed by atoms with Gasteiger partial charge in [-0.05, 0) is 50.8 Å². The van der Waals surface area contributed by atoms with Gasteiger partial charge in [0, 0.05) is 28.7 Å². The summed E-state index contributed by atoms with van der Waals surface area (Å²) in [4.78, 5) is 9.30. The zero-order valence-corrected chi connectivity index (χ0v) is 14.6. The maximum absolute atomic E-state index is 6.11. The van der Waals surface area contributed by atoms with E-state index in [9.17, 15) is 0 Å². The number of rotatable bonds is 6. The quantitative estimate of drug-likeness (QED) is 0.757. The molecule has 1 saturated carbocycles. The van der Waals surface area contributed by atoms with Crippen LogP contribution >= 0.6 is 11.6 Å². The topological polar surface area (TPSA) is 49.8 Å². The van der Waals surface area contributed by atoms with Crippen LogP contribution in [0.3, 0.4) is 0 Å². The number of benzene rings is 1. The van der Waals surface area contributed by atoms with Crippen LogP contribution in [0.2, 0.25) is 5.02 Å². The number of hydrogen-bond acceptors (Lipinski definition) is 4. The Bertz CT molecular complexity index is 697. The van der Waals surface area contributed by atoms with Crippen LogP contribution in [0.25, 0.3) is 0 Å². The van der Waals surface area contributed by atoms with Crippen LogP contribution < -0.4 is 10.6 Å². The molecule has 5 heteroatoms. The molecule has 0 radical (unpaired) electrons. The number of hydrogen-bond donors (Lipinski definition) is 2. The molecule has 3 rings (SSSR count). The van der Waals surface area contributed by atoms with E-state index in [0.29, 0.717) is 22.9 Å². The van der Waals surface area contributed by atoms with E-state index in [2.05, 4.69) is 47.4 Å². The van der Waals surface area contributed by atoms with Gasteiger partial charge in [0.1, 0.15) is 5.82 Å². The van der Waals surface area contributed by atoms with E-state index in [1.807, 2.05) is 18.2 Å². The second kappa shape index (κ2) is 6.75. The summed E-state index contributed by atoms with van der Waals surface area (Å²) in [5.74, 6) is 2.10. The van der Waals surface area contributed by atoms with Gasteiger partial charge in [-0.3, -0.25) is 0 Å². The first kappa shape index (κ1) is 16.1. The predicted octanol–water partition coefficient (Wildman–Crippen LogP) is 5.27. The largest absolute Gasteiger partial charge is 0.352 e. The second-order valence-corrected chi connectivity index (χ2v) is 6.75. The molecular formula is C18H23ClN4. The Kier molecular flexibility index (Phi) is 4.71. The first-order valence-electron chi connectivity index (χ1n) is 8.24. The molecular weight excluding hydrogens is 308 g/mol. The summed E-state index contributed by atoms with van der Waals surface area (Å²) in [6, 6.07) is 8.24. The van der Waals surface area contributed by atoms with Crippen molar-refractivity contribution in [3.05, 3.63) is 40.5 Å². The van der Waals surface area contributed by atoms with Crippen LogP contribution in [0.4, 0.5) is 17.5 Å². The van der Waals surface area contributed by atoms with E-state index in [4.69, 9.17) is 11.6 Å². The van der Waals surface area contributed by atoms with Gasteiger partial charge >= 0.3 is 0 Å². The molecule has 0 unspecified atom stereocenters. The van der Waals surface area contributed by atoms with E-state index in [0.717, 1.165) is 29.2 Å². The predicted molar refractivity (Wildman–Crippen MR) is 96.9 cm³/mol. The lowest BCUT2D eigenvalue weighted by molar-refractivity contribution is 0.750. The third-order valence-corrected chi connectivity index (χ3v) is 4.43. The average Bonchev–Trinajstić information content (AvgIpc) is 3.35. The Balaban J connectivity index is 1.89. The van der Waals surface area contributed by atoms with Gasteiger partial charge < -0.3 is 10.6 Å². The van der Waals surface area contributed by atoms with Crippen LogP contribution in [0, 0.1) is 6.92 Å². The van der Waals surface area contributed by atoms with Crippen molar-refractivity contribution in [1.82, 2.24) is 9.97 Å². The normalized spacial score (nSPS) is 15.3. The highest BCUT2D eigenvalue weighted by Gasteiger charge is 2.26. The standard InChI is InChI=1S/C18H23ClN4/c1-4-12(3)20-18-22-16(13-6-7-13)10-17(23-18)21-15-9-14(19)8-5-11(15)2/h5,8-10,12-13H,4,6-7H2,1-3H3,(H2,20,21,22,23)/t12-/m1/s1. The fraction of sp³-hybridized carbons (Fsp3) is 0.444. The summed E-state index contributed by atoms with van der Waals surface area (Å²) in [6.45, 7) is 6.35. The van der Waals surface area contributed by atoms with Crippen molar-refractivity contribution in [2.75, 3.05) is 10.6 Å². The van der Waals surface area contributed by atoms with Crippen LogP contribution in [0.1, 0.15) is 50.3 Å². The lowest BCUT2D eigenvalue weighted by Gasteiger charge is -2.15.